The summed E-state index contributed by atoms with van der Waals surface area (Å²) in [5.41, 5.74) is 0.631. The molecule has 0 aliphatic rings. The maximum absolute atomic E-state index is 12.3. The van der Waals surface area contributed by atoms with Crippen molar-refractivity contribution in [2.75, 3.05) is 13.2 Å². The zero-order valence-corrected chi connectivity index (χ0v) is 12.1. The smallest absolute Gasteiger partial charge is 0.344 e. The summed E-state index contributed by atoms with van der Waals surface area (Å²) >= 11 is 5.91. The lowest BCUT2D eigenvalue weighted by Gasteiger charge is -2.10. The van der Waals surface area contributed by atoms with Crippen LogP contribution in [0.3, 0.4) is 0 Å². The van der Waals surface area contributed by atoms with Gasteiger partial charge in [0.15, 0.2) is 12.4 Å². The molecule has 21 heavy (non-hydrogen) atoms. The molecule has 0 unspecified atom stereocenters. The van der Waals surface area contributed by atoms with Crippen molar-refractivity contribution in [3.8, 4) is 5.75 Å². The van der Waals surface area contributed by atoms with Crippen molar-refractivity contribution < 1.29 is 23.5 Å². The average molecular weight is 309 g/mol. The monoisotopic (exact) mass is 308 g/mol. The molecule has 110 valence electrons. The van der Waals surface area contributed by atoms with Crippen LogP contribution >= 0.6 is 11.6 Å². The van der Waals surface area contributed by atoms with E-state index in [2.05, 4.69) is 0 Å². The minimum absolute atomic E-state index is 0.258. The van der Waals surface area contributed by atoms with E-state index in [1.165, 1.54) is 24.7 Å². The zero-order valence-electron chi connectivity index (χ0n) is 11.3. The van der Waals surface area contributed by atoms with Gasteiger partial charge in [0.05, 0.1) is 24.0 Å². The molecule has 0 atom stereocenters. The lowest BCUT2D eigenvalue weighted by atomic mass is 10.1. The molecule has 1 aromatic carbocycles. The van der Waals surface area contributed by atoms with Crippen molar-refractivity contribution in [3.63, 3.8) is 0 Å². The first kappa shape index (κ1) is 15.1. The van der Waals surface area contributed by atoms with Gasteiger partial charge in [0.2, 0.25) is 0 Å². The lowest BCUT2D eigenvalue weighted by Crippen LogP contribution is -2.16. The SMILES string of the molecule is CCOC(=O)COc1ccc(Cl)cc1C(=O)c1ccoc1. The Morgan fingerprint density at radius 2 is 2.10 bits per heavy atom. The fraction of sp³-hybridized carbons (Fsp3) is 0.200. The molecule has 0 aliphatic heterocycles. The Labute approximate surface area is 126 Å². The molecule has 0 fully saturated rings. The number of hydrogen-bond donors (Lipinski definition) is 0. The van der Waals surface area contributed by atoms with Gasteiger partial charge in [-0.05, 0) is 31.2 Å². The molecule has 0 amide bonds. The fourth-order valence-electron chi connectivity index (χ4n) is 1.69. The number of hydrogen-bond acceptors (Lipinski definition) is 5. The van der Waals surface area contributed by atoms with Crippen LogP contribution in [0.15, 0.2) is 41.2 Å². The number of carbonyl (C=O) groups excluding carboxylic acids is 2. The van der Waals surface area contributed by atoms with Crippen molar-refractivity contribution in [2.24, 2.45) is 0 Å². The van der Waals surface area contributed by atoms with Crippen molar-refractivity contribution in [1.29, 1.82) is 0 Å². The van der Waals surface area contributed by atoms with Crippen LogP contribution in [0.1, 0.15) is 22.8 Å². The first-order valence-corrected chi connectivity index (χ1v) is 6.64. The summed E-state index contributed by atoms with van der Waals surface area (Å²) < 4.78 is 15.0. The first-order chi connectivity index (χ1) is 10.1. The third kappa shape index (κ3) is 3.86. The van der Waals surface area contributed by atoms with Gasteiger partial charge in [-0.25, -0.2) is 4.79 Å². The third-order valence-corrected chi connectivity index (χ3v) is 2.86. The van der Waals surface area contributed by atoms with Crippen molar-refractivity contribution in [3.05, 3.63) is 52.9 Å². The molecule has 0 spiro atoms. The number of esters is 1. The minimum Gasteiger partial charge on any atom is -0.481 e. The molecule has 0 saturated carbocycles. The van der Waals surface area contributed by atoms with E-state index < -0.39 is 5.97 Å². The second-order valence-corrected chi connectivity index (χ2v) is 4.51. The van der Waals surface area contributed by atoms with Gasteiger partial charge < -0.3 is 13.9 Å². The zero-order chi connectivity index (χ0) is 15.2. The molecule has 1 heterocycles. The normalized spacial score (nSPS) is 10.2. The number of ketones is 1. The van der Waals surface area contributed by atoms with E-state index in [1.54, 1.807) is 19.1 Å². The number of benzene rings is 1. The highest BCUT2D eigenvalue weighted by Crippen LogP contribution is 2.25. The van der Waals surface area contributed by atoms with Gasteiger partial charge in [0.25, 0.3) is 0 Å². The van der Waals surface area contributed by atoms with E-state index in [0.717, 1.165) is 0 Å². The molecule has 5 nitrogen and oxygen atoms in total. The predicted molar refractivity (Wildman–Crippen MR) is 75.7 cm³/mol. The highest BCUT2D eigenvalue weighted by Gasteiger charge is 2.17. The number of ether oxygens (including phenoxy) is 2. The maximum Gasteiger partial charge on any atom is 0.344 e. The Morgan fingerprint density at radius 1 is 1.29 bits per heavy atom. The summed E-state index contributed by atoms with van der Waals surface area (Å²) in [6.45, 7) is 1.69. The summed E-state index contributed by atoms with van der Waals surface area (Å²) in [7, 11) is 0. The number of rotatable bonds is 6. The Balaban J connectivity index is 2.21. The van der Waals surface area contributed by atoms with Gasteiger partial charge in [-0.2, -0.15) is 0 Å². The highest BCUT2D eigenvalue weighted by atomic mass is 35.5. The molecule has 0 bridgehead atoms. The van der Waals surface area contributed by atoms with E-state index >= 15 is 0 Å². The molecule has 0 aliphatic carbocycles. The molecule has 2 rings (SSSR count). The Bertz CT molecular complexity index is 634. The fourth-order valence-corrected chi connectivity index (χ4v) is 1.87. The van der Waals surface area contributed by atoms with E-state index in [9.17, 15) is 9.59 Å². The molecule has 0 radical (unpaired) electrons. The van der Waals surface area contributed by atoms with Gasteiger partial charge in [0, 0.05) is 5.02 Å². The molecule has 1 aromatic heterocycles. The largest absolute Gasteiger partial charge is 0.481 e. The lowest BCUT2D eigenvalue weighted by molar-refractivity contribution is -0.145. The van der Waals surface area contributed by atoms with E-state index in [1.807, 2.05) is 0 Å². The minimum atomic E-state index is -0.505. The Hall–Kier alpha value is -2.27. The summed E-state index contributed by atoms with van der Waals surface area (Å²) in [4.78, 5) is 23.7. The second-order valence-electron chi connectivity index (χ2n) is 4.08. The number of halogens is 1. The van der Waals surface area contributed by atoms with Crippen LogP contribution in [0.2, 0.25) is 5.02 Å². The number of carbonyl (C=O) groups is 2. The summed E-state index contributed by atoms with van der Waals surface area (Å²) in [6, 6.07) is 6.14. The van der Waals surface area contributed by atoms with Crippen LogP contribution in [0.5, 0.6) is 5.75 Å². The van der Waals surface area contributed by atoms with Gasteiger partial charge in [-0.3, -0.25) is 4.79 Å². The summed E-state index contributed by atoms with van der Waals surface area (Å²) in [5.74, 6) is -0.544. The molecule has 0 N–H and O–H groups in total. The summed E-state index contributed by atoms with van der Waals surface area (Å²) in [5, 5.41) is 0.394. The number of furan rings is 1. The molecule has 2 aromatic rings. The van der Waals surface area contributed by atoms with Crippen LogP contribution < -0.4 is 4.74 Å². The molecular formula is C15H13ClO5. The molecular weight excluding hydrogens is 296 g/mol. The van der Waals surface area contributed by atoms with Gasteiger partial charge in [-0.1, -0.05) is 11.6 Å². The van der Waals surface area contributed by atoms with Gasteiger partial charge in [0.1, 0.15) is 12.0 Å². The highest BCUT2D eigenvalue weighted by molar-refractivity contribution is 6.31. The van der Waals surface area contributed by atoms with E-state index in [4.69, 9.17) is 25.5 Å². The Kier molecular flexibility index (Phi) is 5.00. The third-order valence-electron chi connectivity index (χ3n) is 2.62. The van der Waals surface area contributed by atoms with Gasteiger partial charge in [-0.15, -0.1) is 0 Å². The van der Waals surface area contributed by atoms with E-state index in [-0.39, 0.29) is 30.3 Å². The molecule has 0 saturated heterocycles. The first-order valence-electron chi connectivity index (χ1n) is 6.26. The second kappa shape index (κ2) is 6.95. The average Bonchev–Trinajstić information content (AvgIpc) is 2.99. The van der Waals surface area contributed by atoms with Crippen molar-refractivity contribution in [2.45, 2.75) is 6.92 Å². The van der Waals surface area contributed by atoms with E-state index in [0.29, 0.717) is 10.6 Å². The van der Waals surface area contributed by atoms with Crippen LogP contribution in [-0.2, 0) is 9.53 Å². The van der Waals surface area contributed by atoms with Gasteiger partial charge >= 0.3 is 5.97 Å². The molecule has 6 heteroatoms. The standard InChI is InChI=1S/C15H13ClO5/c1-2-20-14(17)9-21-13-4-3-11(16)7-12(13)15(18)10-5-6-19-8-10/h3-8H,2,9H2,1H3. The summed E-state index contributed by atoms with van der Waals surface area (Å²) in [6.07, 6.45) is 2.73. The van der Waals surface area contributed by atoms with Crippen LogP contribution in [0.4, 0.5) is 0 Å². The van der Waals surface area contributed by atoms with Crippen LogP contribution in [0.25, 0.3) is 0 Å². The maximum atomic E-state index is 12.3. The predicted octanol–water partition coefficient (Wildman–Crippen LogP) is 3.11. The van der Waals surface area contributed by atoms with Crippen molar-refractivity contribution in [1.82, 2.24) is 0 Å². The van der Waals surface area contributed by atoms with Crippen LogP contribution in [-0.4, -0.2) is 25.0 Å². The quantitative estimate of drug-likeness (QED) is 0.606. The van der Waals surface area contributed by atoms with Crippen LogP contribution in [0, 0.1) is 0 Å². The topological polar surface area (TPSA) is 65.7 Å². The Morgan fingerprint density at radius 3 is 2.76 bits per heavy atom. The van der Waals surface area contributed by atoms with Crippen molar-refractivity contribution >= 4 is 23.4 Å².